The molecule has 1 atom stereocenters. The number of para-hydroxylation sites is 1. The van der Waals surface area contributed by atoms with Crippen molar-refractivity contribution in [3.05, 3.63) is 24.1 Å². The normalized spacial score (nSPS) is 12.9. The Morgan fingerprint density at radius 3 is 3.00 bits per heavy atom. The maximum absolute atomic E-state index is 6.04. The number of methoxy groups -OCH3 is 1. The van der Waals surface area contributed by atoms with Crippen LogP contribution in [0.25, 0.3) is 11.1 Å². The molecule has 0 saturated heterocycles. The molecule has 0 bridgehead atoms. The molecule has 0 fully saturated rings. The van der Waals surface area contributed by atoms with Crippen LogP contribution in [0.3, 0.4) is 0 Å². The maximum atomic E-state index is 6.04. The van der Waals surface area contributed by atoms with Gasteiger partial charge in [-0.15, -0.1) is 0 Å². The number of oxazole rings is 1. The van der Waals surface area contributed by atoms with Gasteiger partial charge >= 0.3 is 0 Å². The first-order valence-electron chi connectivity index (χ1n) is 5.95. The second kappa shape index (κ2) is 5.19. The van der Waals surface area contributed by atoms with Crippen molar-refractivity contribution in [2.45, 2.75) is 32.2 Å². The molecule has 2 aromatic rings. The highest BCUT2D eigenvalue weighted by Crippen LogP contribution is 2.28. The Labute approximate surface area is 101 Å². The quantitative estimate of drug-likeness (QED) is 0.863. The van der Waals surface area contributed by atoms with Gasteiger partial charge in [-0.05, 0) is 18.6 Å². The van der Waals surface area contributed by atoms with Crippen LogP contribution < -0.4 is 10.5 Å². The molecule has 92 valence electrons. The molecule has 1 heterocycles. The smallest absolute Gasteiger partial charge is 0.212 e. The van der Waals surface area contributed by atoms with Gasteiger partial charge in [-0.3, -0.25) is 0 Å². The lowest BCUT2D eigenvalue weighted by atomic mass is 10.1. The van der Waals surface area contributed by atoms with E-state index in [1.807, 2.05) is 18.2 Å². The zero-order valence-electron chi connectivity index (χ0n) is 10.3. The minimum Gasteiger partial charge on any atom is -0.494 e. The van der Waals surface area contributed by atoms with Crippen LogP contribution in [0.15, 0.2) is 22.6 Å². The van der Waals surface area contributed by atoms with Gasteiger partial charge in [0.1, 0.15) is 5.75 Å². The lowest BCUT2D eigenvalue weighted by Gasteiger charge is -2.04. The van der Waals surface area contributed by atoms with Crippen molar-refractivity contribution in [1.29, 1.82) is 0 Å². The number of aromatic nitrogens is 1. The van der Waals surface area contributed by atoms with Crippen LogP contribution in [0.4, 0.5) is 0 Å². The van der Waals surface area contributed by atoms with Crippen LogP contribution in [-0.2, 0) is 0 Å². The van der Waals surface area contributed by atoms with Crippen LogP contribution in [0, 0.1) is 0 Å². The maximum Gasteiger partial charge on any atom is 0.212 e. The van der Waals surface area contributed by atoms with Gasteiger partial charge in [0.15, 0.2) is 11.1 Å². The van der Waals surface area contributed by atoms with E-state index in [2.05, 4.69) is 11.9 Å². The Morgan fingerprint density at radius 2 is 2.29 bits per heavy atom. The van der Waals surface area contributed by atoms with Crippen molar-refractivity contribution in [3.8, 4) is 5.75 Å². The molecule has 4 nitrogen and oxygen atoms in total. The molecular weight excluding hydrogens is 216 g/mol. The van der Waals surface area contributed by atoms with Crippen molar-refractivity contribution in [2.75, 3.05) is 7.11 Å². The second-order valence-corrected chi connectivity index (χ2v) is 4.11. The Bertz CT molecular complexity index is 493. The number of unbranched alkanes of at least 4 members (excludes halogenated alkanes) is 1. The van der Waals surface area contributed by atoms with Gasteiger partial charge in [0, 0.05) is 0 Å². The average molecular weight is 234 g/mol. The number of hydrogen-bond donors (Lipinski definition) is 1. The monoisotopic (exact) mass is 234 g/mol. The van der Waals surface area contributed by atoms with Gasteiger partial charge in [0.2, 0.25) is 5.89 Å². The van der Waals surface area contributed by atoms with Crippen LogP contribution in [0.2, 0.25) is 0 Å². The van der Waals surface area contributed by atoms with Gasteiger partial charge in [0.05, 0.1) is 13.2 Å². The van der Waals surface area contributed by atoms with E-state index in [0.717, 1.165) is 36.1 Å². The van der Waals surface area contributed by atoms with Crippen LogP contribution >= 0.6 is 0 Å². The van der Waals surface area contributed by atoms with Gasteiger partial charge in [-0.25, -0.2) is 4.98 Å². The highest BCUT2D eigenvalue weighted by atomic mass is 16.5. The zero-order chi connectivity index (χ0) is 12.3. The fourth-order valence-corrected chi connectivity index (χ4v) is 1.81. The average Bonchev–Trinajstić information content (AvgIpc) is 2.79. The zero-order valence-corrected chi connectivity index (χ0v) is 10.3. The fourth-order valence-electron chi connectivity index (χ4n) is 1.81. The Hall–Kier alpha value is -1.55. The van der Waals surface area contributed by atoms with Crippen LogP contribution in [0.5, 0.6) is 5.75 Å². The molecule has 17 heavy (non-hydrogen) atoms. The molecular formula is C13H18N2O2. The number of hydrogen-bond acceptors (Lipinski definition) is 4. The van der Waals surface area contributed by atoms with Crippen molar-refractivity contribution in [3.63, 3.8) is 0 Å². The number of ether oxygens (including phenoxy) is 1. The second-order valence-electron chi connectivity index (χ2n) is 4.11. The summed E-state index contributed by atoms with van der Waals surface area (Å²) in [4.78, 5) is 4.42. The first-order chi connectivity index (χ1) is 8.26. The van der Waals surface area contributed by atoms with Gasteiger partial charge in [-0.2, -0.15) is 0 Å². The third-order valence-corrected chi connectivity index (χ3v) is 2.80. The summed E-state index contributed by atoms with van der Waals surface area (Å²) in [6.45, 7) is 2.14. The first kappa shape index (κ1) is 11.9. The van der Waals surface area contributed by atoms with Crippen molar-refractivity contribution >= 4 is 11.1 Å². The summed E-state index contributed by atoms with van der Waals surface area (Å²) in [5.41, 5.74) is 7.51. The summed E-state index contributed by atoms with van der Waals surface area (Å²) in [6, 6.07) is 5.49. The van der Waals surface area contributed by atoms with Gasteiger partial charge < -0.3 is 14.9 Å². The predicted octanol–water partition coefficient (Wildman–Crippen LogP) is 3.03. The summed E-state index contributed by atoms with van der Waals surface area (Å²) in [5, 5.41) is 0. The number of nitrogens with two attached hydrogens (primary N) is 1. The van der Waals surface area contributed by atoms with E-state index in [9.17, 15) is 0 Å². The summed E-state index contributed by atoms with van der Waals surface area (Å²) < 4.78 is 10.9. The van der Waals surface area contributed by atoms with E-state index in [-0.39, 0.29) is 6.04 Å². The van der Waals surface area contributed by atoms with Crippen LogP contribution in [-0.4, -0.2) is 12.1 Å². The Morgan fingerprint density at radius 1 is 1.47 bits per heavy atom. The molecule has 0 saturated carbocycles. The number of fused-ring (bicyclic) bond motifs is 1. The molecule has 0 amide bonds. The lowest BCUT2D eigenvalue weighted by Crippen LogP contribution is -2.10. The Balaban J connectivity index is 2.31. The van der Waals surface area contributed by atoms with E-state index in [1.165, 1.54) is 0 Å². The van der Waals surface area contributed by atoms with Crippen molar-refractivity contribution < 1.29 is 9.15 Å². The summed E-state index contributed by atoms with van der Waals surface area (Å²) >= 11 is 0. The molecule has 1 aromatic carbocycles. The lowest BCUT2D eigenvalue weighted by molar-refractivity contribution is 0.419. The first-order valence-corrected chi connectivity index (χ1v) is 5.95. The van der Waals surface area contributed by atoms with E-state index < -0.39 is 0 Å². The van der Waals surface area contributed by atoms with E-state index in [0.29, 0.717) is 5.89 Å². The minimum absolute atomic E-state index is 0.132. The van der Waals surface area contributed by atoms with E-state index in [1.54, 1.807) is 7.11 Å². The molecule has 2 rings (SSSR count). The number of benzene rings is 1. The third kappa shape index (κ3) is 2.42. The molecule has 0 aliphatic heterocycles. The van der Waals surface area contributed by atoms with Gasteiger partial charge in [0.25, 0.3) is 0 Å². The fraction of sp³-hybridized carbons (Fsp3) is 0.462. The Kier molecular flexibility index (Phi) is 3.64. The SMILES string of the molecule is CCCCC(N)c1nc2c(OC)cccc2o1. The summed E-state index contributed by atoms with van der Waals surface area (Å²) in [6.07, 6.45) is 3.10. The van der Waals surface area contributed by atoms with Crippen molar-refractivity contribution in [2.24, 2.45) is 5.73 Å². The molecule has 0 spiro atoms. The van der Waals surface area contributed by atoms with Crippen LogP contribution in [0.1, 0.15) is 38.1 Å². The molecule has 4 heteroatoms. The number of nitrogens with zero attached hydrogens (tertiary/aromatic N) is 1. The molecule has 0 aliphatic carbocycles. The van der Waals surface area contributed by atoms with E-state index in [4.69, 9.17) is 14.9 Å². The highest BCUT2D eigenvalue weighted by Gasteiger charge is 2.15. The number of rotatable bonds is 5. The molecule has 2 N–H and O–H groups in total. The highest BCUT2D eigenvalue weighted by molar-refractivity contribution is 5.79. The third-order valence-electron chi connectivity index (χ3n) is 2.80. The predicted molar refractivity (Wildman–Crippen MR) is 67.0 cm³/mol. The summed E-state index contributed by atoms with van der Waals surface area (Å²) in [5.74, 6) is 1.32. The summed E-state index contributed by atoms with van der Waals surface area (Å²) in [7, 11) is 1.63. The topological polar surface area (TPSA) is 61.3 Å². The molecule has 0 aliphatic rings. The standard InChI is InChI=1S/C13H18N2O2/c1-3-4-6-9(14)13-15-12-10(16-2)7-5-8-11(12)17-13/h5,7-9H,3-4,6,14H2,1-2H3. The van der Waals surface area contributed by atoms with Gasteiger partial charge in [-0.1, -0.05) is 25.8 Å². The molecule has 0 radical (unpaired) electrons. The molecule has 1 unspecified atom stereocenters. The largest absolute Gasteiger partial charge is 0.494 e. The molecule has 1 aromatic heterocycles. The van der Waals surface area contributed by atoms with E-state index >= 15 is 0 Å². The van der Waals surface area contributed by atoms with Crippen molar-refractivity contribution in [1.82, 2.24) is 4.98 Å². The minimum atomic E-state index is -0.132.